The highest BCUT2D eigenvalue weighted by Gasteiger charge is 2.37. The molecule has 0 saturated carbocycles. The van der Waals surface area contributed by atoms with E-state index >= 15 is 0 Å². The van der Waals surface area contributed by atoms with E-state index in [0.29, 0.717) is 0 Å². The number of nitrogens with zero attached hydrogens (tertiary/aromatic N) is 2. The Morgan fingerprint density at radius 3 is 2.67 bits per heavy atom. The standard InChI is InChI=1S/C8H5ClF3N3/c9-6-5-4(13)2-1-3-15(5)7(14-6)8(10,11)12/h1-3H,13H2. The number of hydrogen-bond donors (Lipinski definition) is 1. The fourth-order valence-electron chi connectivity index (χ4n) is 1.32. The molecule has 0 aromatic carbocycles. The molecule has 0 unspecified atom stereocenters. The average molecular weight is 236 g/mol. The lowest BCUT2D eigenvalue weighted by atomic mass is 10.3. The van der Waals surface area contributed by atoms with Gasteiger partial charge in [-0.2, -0.15) is 13.2 Å². The summed E-state index contributed by atoms with van der Waals surface area (Å²) in [6.45, 7) is 0. The molecule has 7 heteroatoms. The summed E-state index contributed by atoms with van der Waals surface area (Å²) in [5.74, 6) is -1.07. The Morgan fingerprint density at radius 2 is 2.07 bits per heavy atom. The third kappa shape index (κ3) is 1.50. The molecule has 0 atom stereocenters. The van der Waals surface area contributed by atoms with Gasteiger partial charge in [0.25, 0.3) is 0 Å². The number of pyridine rings is 1. The number of fused-ring (bicyclic) bond motifs is 1. The van der Waals surface area contributed by atoms with E-state index in [0.717, 1.165) is 4.40 Å². The molecular weight excluding hydrogens is 231 g/mol. The molecule has 3 nitrogen and oxygen atoms in total. The van der Waals surface area contributed by atoms with Crippen molar-refractivity contribution in [3.63, 3.8) is 0 Å². The summed E-state index contributed by atoms with van der Waals surface area (Å²) >= 11 is 5.58. The average Bonchev–Trinajstić information content (AvgIpc) is 2.44. The maximum Gasteiger partial charge on any atom is 0.450 e. The van der Waals surface area contributed by atoms with Gasteiger partial charge in [-0.15, -0.1) is 0 Å². The van der Waals surface area contributed by atoms with Crippen LogP contribution in [0.1, 0.15) is 5.82 Å². The van der Waals surface area contributed by atoms with Crippen LogP contribution >= 0.6 is 11.6 Å². The summed E-state index contributed by atoms with van der Waals surface area (Å²) in [5, 5.41) is -0.250. The van der Waals surface area contributed by atoms with E-state index in [4.69, 9.17) is 17.3 Å². The summed E-state index contributed by atoms with van der Waals surface area (Å²) in [5.41, 5.74) is 5.73. The van der Waals surface area contributed by atoms with Crippen LogP contribution < -0.4 is 5.73 Å². The third-order valence-corrected chi connectivity index (χ3v) is 2.17. The first-order chi connectivity index (χ1) is 6.91. The van der Waals surface area contributed by atoms with Crippen molar-refractivity contribution in [3.8, 4) is 0 Å². The topological polar surface area (TPSA) is 43.3 Å². The minimum atomic E-state index is -4.55. The van der Waals surface area contributed by atoms with E-state index in [-0.39, 0.29) is 16.4 Å². The van der Waals surface area contributed by atoms with E-state index < -0.39 is 12.0 Å². The van der Waals surface area contributed by atoms with E-state index in [1.54, 1.807) is 0 Å². The highest BCUT2D eigenvalue weighted by atomic mass is 35.5. The van der Waals surface area contributed by atoms with Crippen molar-refractivity contribution in [2.24, 2.45) is 0 Å². The Bertz CT molecular complexity index is 518. The fraction of sp³-hybridized carbons (Fsp3) is 0.125. The highest BCUT2D eigenvalue weighted by Crippen LogP contribution is 2.33. The molecule has 0 aliphatic rings. The molecule has 0 fully saturated rings. The zero-order valence-electron chi connectivity index (χ0n) is 7.22. The molecule has 0 aliphatic carbocycles. The van der Waals surface area contributed by atoms with Crippen LogP contribution in [0.2, 0.25) is 5.15 Å². The number of nitrogen functional groups attached to an aromatic ring is 1. The van der Waals surface area contributed by atoms with Gasteiger partial charge in [-0.3, -0.25) is 4.40 Å². The second-order valence-electron chi connectivity index (χ2n) is 2.91. The van der Waals surface area contributed by atoms with Gasteiger partial charge < -0.3 is 5.73 Å². The fourth-order valence-corrected chi connectivity index (χ4v) is 1.60. The molecule has 0 bridgehead atoms. The number of imidazole rings is 1. The monoisotopic (exact) mass is 235 g/mol. The first-order valence-corrected chi connectivity index (χ1v) is 4.28. The summed E-state index contributed by atoms with van der Waals surface area (Å²) in [4.78, 5) is 3.25. The number of rotatable bonds is 0. The maximum absolute atomic E-state index is 12.5. The molecule has 2 aromatic heterocycles. The van der Waals surface area contributed by atoms with Crippen LogP contribution in [0.3, 0.4) is 0 Å². The van der Waals surface area contributed by atoms with E-state index in [1.807, 2.05) is 0 Å². The molecule has 2 N–H and O–H groups in total. The highest BCUT2D eigenvalue weighted by molar-refractivity contribution is 6.33. The van der Waals surface area contributed by atoms with Crippen molar-refractivity contribution < 1.29 is 13.2 Å². The van der Waals surface area contributed by atoms with Crippen LogP contribution in [0.25, 0.3) is 5.52 Å². The Balaban J connectivity index is 2.85. The lowest BCUT2D eigenvalue weighted by molar-refractivity contribution is -0.145. The molecule has 0 saturated heterocycles. The molecular formula is C8H5ClF3N3. The normalized spacial score (nSPS) is 12.3. The minimum absolute atomic E-state index is 0.0755. The van der Waals surface area contributed by atoms with Crippen molar-refractivity contribution in [3.05, 3.63) is 29.3 Å². The Hall–Kier alpha value is -1.43. The van der Waals surface area contributed by atoms with Crippen molar-refractivity contribution in [2.45, 2.75) is 6.18 Å². The smallest absolute Gasteiger partial charge is 0.397 e. The van der Waals surface area contributed by atoms with Crippen LogP contribution in [0.5, 0.6) is 0 Å². The number of nitrogens with two attached hydrogens (primary N) is 1. The molecule has 2 aromatic rings. The van der Waals surface area contributed by atoms with E-state index in [1.165, 1.54) is 18.3 Å². The molecule has 2 heterocycles. The Labute approximate surface area is 87.3 Å². The summed E-state index contributed by atoms with van der Waals surface area (Å²) in [6.07, 6.45) is -3.34. The van der Waals surface area contributed by atoms with Gasteiger partial charge in [0.2, 0.25) is 5.82 Å². The molecule has 2 rings (SSSR count). The minimum Gasteiger partial charge on any atom is -0.397 e. The molecule has 0 aliphatic heterocycles. The van der Waals surface area contributed by atoms with Gasteiger partial charge >= 0.3 is 6.18 Å². The van der Waals surface area contributed by atoms with Crippen molar-refractivity contribution in [2.75, 3.05) is 5.73 Å². The number of halogens is 4. The second-order valence-corrected chi connectivity index (χ2v) is 3.26. The summed E-state index contributed by atoms with van der Waals surface area (Å²) in [7, 11) is 0. The lowest BCUT2D eigenvalue weighted by Crippen LogP contribution is -2.10. The maximum atomic E-state index is 12.5. The van der Waals surface area contributed by atoms with Crippen LogP contribution in [0.15, 0.2) is 18.3 Å². The van der Waals surface area contributed by atoms with Gasteiger partial charge in [-0.25, -0.2) is 4.98 Å². The third-order valence-electron chi connectivity index (χ3n) is 1.91. The predicted octanol–water partition coefficient (Wildman–Crippen LogP) is 2.59. The van der Waals surface area contributed by atoms with E-state index in [9.17, 15) is 13.2 Å². The summed E-state index contributed by atoms with van der Waals surface area (Å²) in [6, 6.07) is 2.86. The van der Waals surface area contributed by atoms with Crippen LogP contribution in [-0.2, 0) is 6.18 Å². The van der Waals surface area contributed by atoms with Gasteiger partial charge in [0.1, 0.15) is 5.52 Å². The molecule has 15 heavy (non-hydrogen) atoms. The largest absolute Gasteiger partial charge is 0.450 e. The van der Waals surface area contributed by atoms with Gasteiger partial charge in [0.15, 0.2) is 5.15 Å². The number of hydrogen-bond acceptors (Lipinski definition) is 2. The van der Waals surface area contributed by atoms with Crippen molar-refractivity contribution in [1.82, 2.24) is 9.38 Å². The van der Waals surface area contributed by atoms with Crippen LogP contribution in [0, 0.1) is 0 Å². The van der Waals surface area contributed by atoms with E-state index in [2.05, 4.69) is 4.98 Å². The predicted molar refractivity (Wildman–Crippen MR) is 49.6 cm³/mol. The first-order valence-electron chi connectivity index (χ1n) is 3.90. The first kappa shape index (κ1) is 10.1. The van der Waals surface area contributed by atoms with Crippen molar-refractivity contribution >= 4 is 22.8 Å². The Kier molecular flexibility index (Phi) is 2.04. The molecule has 0 amide bonds. The number of aromatic nitrogens is 2. The quantitative estimate of drug-likeness (QED) is 0.763. The molecule has 0 radical (unpaired) electrons. The number of anilines is 1. The van der Waals surface area contributed by atoms with Crippen molar-refractivity contribution in [1.29, 1.82) is 0 Å². The molecule has 80 valence electrons. The van der Waals surface area contributed by atoms with Gasteiger partial charge in [-0.1, -0.05) is 11.6 Å². The zero-order valence-corrected chi connectivity index (χ0v) is 7.97. The summed E-state index contributed by atoms with van der Waals surface area (Å²) < 4.78 is 38.3. The van der Waals surface area contributed by atoms with Gasteiger partial charge in [0.05, 0.1) is 5.69 Å². The van der Waals surface area contributed by atoms with Gasteiger partial charge in [-0.05, 0) is 12.1 Å². The second kappa shape index (κ2) is 3.03. The Morgan fingerprint density at radius 1 is 1.40 bits per heavy atom. The molecule has 0 spiro atoms. The number of alkyl halides is 3. The van der Waals surface area contributed by atoms with Crippen LogP contribution in [0.4, 0.5) is 18.9 Å². The lowest BCUT2D eigenvalue weighted by Gasteiger charge is -2.05. The van der Waals surface area contributed by atoms with Gasteiger partial charge in [0, 0.05) is 6.20 Å². The zero-order chi connectivity index (χ0) is 11.2. The SMILES string of the molecule is Nc1cccn2c(C(F)(F)F)nc(Cl)c12. The van der Waals surface area contributed by atoms with Crippen LogP contribution in [-0.4, -0.2) is 9.38 Å².